The number of anilines is 1. The van der Waals surface area contributed by atoms with Gasteiger partial charge >= 0.3 is 0 Å². The van der Waals surface area contributed by atoms with Crippen molar-refractivity contribution in [1.29, 1.82) is 0 Å². The van der Waals surface area contributed by atoms with Gasteiger partial charge in [-0.3, -0.25) is 4.40 Å². The molecule has 34 heavy (non-hydrogen) atoms. The van der Waals surface area contributed by atoms with Crippen LogP contribution in [-0.4, -0.2) is 64.8 Å². The summed E-state index contributed by atoms with van der Waals surface area (Å²) in [5, 5.41) is 9.30. The van der Waals surface area contributed by atoms with Gasteiger partial charge < -0.3 is 19.3 Å². The summed E-state index contributed by atoms with van der Waals surface area (Å²) < 4.78 is 13.7. The van der Waals surface area contributed by atoms with Gasteiger partial charge in [0.2, 0.25) is 0 Å². The molecule has 0 spiro atoms. The quantitative estimate of drug-likeness (QED) is 0.416. The first kappa shape index (κ1) is 22.2. The van der Waals surface area contributed by atoms with Gasteiger partial charge in [-0.25, -0.2) is 4.98 Å². The van der Waals surface area contributed by atoms with Gasteiger partial charge in [0.25, 0.3) is 0 Å². The van der Waals surface area contributed by atoms with Gasteiger partial charge in [0.15, 0.2) is 17.3 Å². The normalized spacial score (nSPS) is 16.5. The van der Waals surface area contributed by atoms with Crippen molar-refractivity contribution in [3.8, 4) is 22.9 Å². The fourth-order valence-corrected chi connectivity index (χ4v) is 4.54. The van der Waals surface area contributed by atoms with E-state index in [1.807, 2.05) is 59.1 Å². The Hall–Kier alpha value is -3.65. The number of likely N-dealkylation sites (tertiary alicyclic amines) is 1. The lowest BCUT2D eigenvalue weighted by Crippen LogP contribution is -2.45. The number of methoxy groups -OCH3 is 1. The lowest BCUT2D eigenvalue weighted by atomic mass is 10.1. The Balaban J connectivity index is 1.51. The van der Waals surface area contributed by atoms with E-state index < -0.39 is 0 Å². The van der Waals surface area contributed by atoms with E-state index in [1.54, 1.807) is 13.3 Å². The van der Waals surface area contributed by atoms with Crippen LogP contribution in [0.15, 0.2) is 60.9 Å². The Morgan fingerprint density at radius 3 is 2.76 bits per heavy atom. The second-order valence-electron chi connectivity index (χ2n) is 8.77. The van der Waals surface area contributed by atoms with Gasteiger partial charge in [0.1, 0.15) is 18.1 Å². The predicted molar refractivity (Wildman–Crippen MR) is 132 cm³/mol. The smallest absolute Gasteiger partial charge is 0.195 e. The molecular formula is C26H30N6O2. The van der Waals surface area contributed by atoms with Crippen LogP contribution in [0.3, 0.4) is 0 Å². The highest BCUT2D eigenvalue weighted by molar-refractivity contribution is 5.72. The summed E-state index contributed by atoms with van der Waals surface area (Å²) in [6, 6.07) is 16.2. The Bertz CT molecular complexity index is 1260. The van der Waals surface area contributed by atoms with E-state index in [0.717, 1.165) is 47.9 Å². The topological polar surface area (TPSA) is 68.0 Å². The van der Waals surface area contributed by atoms with Crippen LogP contribution < -0.4 is 14.4 Å². The molecule has 0 radical (unpaired) electrons. The van der Waals surface area contributed by atoms with E-state index in [-0.39, 0.29) is 0 Å². The molecule has 1 saturated heterocycles. The van der Waals surface area contributed by atoms with Crippen LogP contribution in [0.4, 0.5) is 5.82 Å². The van der Waals surface area contributed by atoms with Crippen molar-refractivity contribution < 1.29 is 9.47 Å². The minimum atomic E-state index is 0.380. The molecule has 5 rings (SSSR count). The fourth-order valence-electron chi connectivity index (χ4n) is 4.54. The number of fused-ring (bicyclic) bond motifs is 1. The second kappa shape index (κ2) is 9.69. The van der Waals surface area contributed by atoms with Crippen molar-refractivity contribution >= 4 is 11.5 Å². The summed E-state index contributed by atoms with van der Waals surface area (Å²) in [6.07, 6.45) is 6.03. The van der Waals surface area contributed by atoms with E-state index in [2.05, 4.69) is 39.1 Å². The lowest BCUT2D eigenvalue weighted by molar-refractivity contribution is 0.247. The summed E-state index contributed by atoms with van der Waals surface area (Å²) in [5.74, 6) is 2.87. The first-order chi connectivity index (χ1) is 16.6. The van der Waals surface area contributed by atoms with Crippen molar-refractivity contribution in [2.75, 3.05) is 39.2 Å². The minimum Gasteiger partial charge on any atom is -0.497 e. The first-order valence-corrected chi connectivity index (χ1v) is 11.6. The summed E-state index contributed by atoms with van der Waals surface area (Å²) in [7, 11) is 5.90. The van der Waals surface area contributed by atoms with Crippen molar-refractivity contribution in [3.05, 3.63) is 66.5 Å². The molecule has 0 N–H and O–H groups in total. The zero-order valence-corrected chi connectivity index (χ0v) is 19.9. The molecule has 1 atom stereocenters. The summed E-state index contributed by atoms with van der Waals surface area (Å²) in [6.45, 7) is 2.58. The molecule has 2 aromatic heterocycles. The van der Waals surface area contributed by atoms with Crippen molar-refractivity contribution in [2.24, 2.45) is 0 Å². The maximum Gasteiger partial charge on any atom is 0.195 e. The molecule has 8 heteroatoms. The number of hydrogen-bond acceptors (Lipinski definition) is 7. The number of hydrogen-bond donors (Lipinski definition) is 0. The third-order valence-corrected chi connectivity index (χ3v) is 6.46. The maximum atomic E-state index is 6.23. The Labute approximate surface area is 199 Å². The zero-order valence-electron chi connectivity index (χ0n) is 19.9. The Kier molecular flexibility index (Phi) is 6.31. The molecule has 176 valence electrons. The number of piperidine rings is 1. The van der Waals surface area contributed by atoms with Crippen LogP contribution in [-0.2, 0) is 6.61 Å². The van der Waals surface area contributed by atoms with Gasteiger partial charge in [0, 0.05) is 38.1 Å². The first-order valence-electron chi connectivity index (χ1n) is 11.6. The predicted octanol–water partition coefficient (Wildman–Crippen LogP) is 3.91. The highest BCUT2D eigenvalue weighted by atomic mass is 16.5. The van der Waals surface area contributed by atoms with Crippen LogP contribution in [0.25, 0.3) is 17.0 Å². The van der Waals surface area contributed by atoms with Crippen molar-refractivity contribution in [3.63, 3.8) is 0 Å². The van der Waals surface area contributed by atoms with Crippen molar-refractivity contribution in [2.45, 2.75) is 25.5 Å². The fraction of sp³-hybridized carbons (Fsp3) is 0.346. The molecule has 1 aliphatic heterocycles. The van der Waals surface area contributed by atoms with Gasteiger partial charge in [-0.15, -0.1) is 10.2 Å². The molecule has 3 heterocycles. The highest BCUT2D eigenvalue weighted by Gasteiger charge is 2.25. The summed E-state index contributed by atoms with van der Waals surface area (Å²) in [4.78, 5) is 9.22. The lowest BCUT2D eigenvalue weighted by Gasteiger charge is -2.36. The zero-order chi connectivity index (χ0) is 23.5. The van der Waals surface area contributed by atoms with Gasteiger partial charge in [-0.05, 0) is 44.1 Å². The molecule has 2 aromatic carbocycles. The third kappa shape index (κ3) is 4.41. The van der Waals surface area contributed by atoms with Crippen molar-refractivity contribution in [1.82, 2.24) is 24.5 Å². The van der Waals surface area contributed by atoms with Gasteiger partial charge in [0.05, 0.1) is 12.7 Å². The second-order valence-corrected chi connectivity index (χ2v) is 8.77. The van der Waals surface area contributed by atoms with E-state index in [0.29, 0.717) is 24.2 Å². The molecule has 4 aromatic rings. The molecule has 1 aliphatic rings. The van der Waals surface area contributed by atoms with E-state index in [9.17, 15) is 0 Å². The van der Waals surface area contributed by atoms with Crippen LogP contribution in [0.2, 0.25) is 0 Å². The number of imidazole rings is 1. The average molecular weight is 459 g/mol. The van der Waals surface area contributed by atoms with Gasteiger partial charge in [-0.1, -0.05) is 30.3 Å². The molecule has 0 amide bonds. The Morgan fingerprint density at radius 1 is 1.12 bits per heavy atom. The molecule has 0 bridgehead atoms. The number of benzene rings is 2. The number of rotatable bonds is 7. The molecule has 8 nitrogen and oxygen atoms in total. The third-order valence-electron chi connectivity index (χ3n) is 6.46. The molecule has 1 fully saturated rings. The van der Waals surface area contributed by atoms with E-state index >= 15 is 0 Å². The summed E-state index contributed by atoms with van der Waals surface area (Å²) >= 11 is 0. The molecule has 1 unspecified atom stereocenters. The monoisotopic (exact) mass is 458 g/mol. The molecule has 0 aliphatic carbocycles. The molecule has 0 saturated carbocycles. The maximum absolute atomic E-state index is 6.23. The summed E-state index contributed by atoms with van der Waals surface area (Å²) in [5.41, 5.74) is 2.70. The van der Waals surface area contributed by atoms with Crippen LogP contribution in [0.5, 0.6) is 11.5 Å². The number of likely N-dealkylation sites (N-methyl/N-ethyl adjacent to an activating group) is 2. The average Bonchev–Trinajstić information content (AvgIpc) is 3.37. The van der Waals surface area contributed by atoms with Crippen LogP contribution in [0, 0.1) is 0 Å². The highest BCUT2D eigenvalue weighted by Crippen LogP contribution is 2.34. The number of nitrogens with zero attached hydrogens (tertiary/aromatic N) is 6. The SMILES string of the molecule is COc1ccc(-c2nnc(N(C)C3CCCN(C)C3)c3nccn23)c(OCc2ccccc2)c1. The van der Waals surface area contributed by atoms with E-state index in [1.165, 1.54) is 6.42 Å². The van der Waals surface area contributed by atoms with Gasteiger partial charge in [-0.2, -0.15) is 0 Å². The molecular weight excluding hydrogens is 428 g/mol. The van der Waals surface area contributed by atoms with Crippen LogP contribution >= 0.6 is 0 Å². The number of aromatic nitrogens is 4. The Morgan fingerprint density at radius 2 is 1.97 bits per heavy atom. The van der Waals surface area contributed by atoms with Crippen LogP contribution in [0.1, 0.15) is 18.4 Å². The standard InChI is InChI=1S/C26H30N6O2/c1-30-14-7-10-20(17-30)31(2)26-25-27-13-15-32(25)24(28-29-26)22-12-11-21(33-3)16-23(22)34-18-19-8-5-4-6-9-19/h4-6,8-9,11-13,15-16,20H,7,10,14,17-18H2,1-3H3. The van der Waals surface area contributed by atoms with E-state index in [4.69, 9.17) is 9.47 Å². The minimum absolute atomic E-state index is 0.380. The largest absolute Gasteiger partial charge is 0.497 e. The number of ether oxygens (including phenoxy) is 2.